The van der Waals surface area contributed by atoms with E-state index in [1.165, 1.54) is 58.3 Å². The van der Waals surface area contributed by atoms with E-state index in [9.17, 15) is 9.59 Å². The van der Waals surface area contributed by atoms with Crippen LogP contribution in [-0.4, -0.2) is 64.4 Å². The van der Waals surface area contributed by atoms with Crippen molar-refractivity contribution in [3.8, 4) is 0 Å². The number of benzene rings is 1. The minimum absolute atomic E-state index is 0.0891. The Morgan fingerprint density at radius 3 is 1.55 bits per heavy atom. The Morgan fingerprint density at radius 1 is 0.816 bits per heavy atom. The zero-order valence-electron chi connectivity index (χ0n) is 22.1. The average molecular weight is 663 g/mol. The quantitative estimate of drug-likeness (QED) is 0.126. The maximum absolute atomic E-state index is 11.5. The third-order valence-corrected chi connectivity index (χ3v) is 18.4. The summed E-state index contributed by atoms with van der Waals surface area (Å²) in [4.78, 5) is 25.8. The summed E-state index contributed by atoms with van der Waals surface area (Å²) in [7, 11) is 0. The van der Waals surface area contributed by atoms with Gasteiger partial charge in [-0.25, -0.2) is 0 Å². The minimum Gasteiger partial charge on any atom is -0.282 e. The summed E-state index contributed by atoms with van der Waals surface area (Å²) in [6, 6.07) is 9.16. The highest BCUT2D eigenvalue weighted by Crippen LogP contribution is 2.47. The summed E-state index contributed by atoms with van der Waals surface area (Å²) >= 11 is 15.1. The summed E-state index contributed by atoms with van der Waals surface area (Å²) in [5, 5.41) is 1.31. The second-order valence-electron chi connectivity index (χ2n) is 9.02. The van der Waals surface area contributed by atoms with Gasteiger partial charge in [0.2, 0.25) is 10.2 Å². The molecular weight excluding hydrogens is 625 g/mol. The van der Waals surface area contributed by atoms with Crippen LogP contribution in [0.1, 0.15) is 26.7 Å². The van der Waals surface area contributed by atoms with E-state index in [-0.39, 0.29) is 10.2 Å². The molecule has 0 aliphatic carbocycles. The van der Waals surface area contributed by atoms with Crippen molar-refractivity contribution in [3.63, 3.8) is 0 Å². The van der Waals surface area contributed by atoms with Crippen molar-refractivity contribution >= 4 is 104 Å². The molecule has 0 saturated carbocycles. The molecule has 10 heteroatoms. The van der Waals surface area contributed by atoms with Gasteiger partial charge >= 0.3 is 0 Å². The summed E-state index contributed by atoms with van der Waals surface area (Å²) < 4.78 is 1.26. The molecule has 38 heavy (non-hydrogen) atoms. The second kappa shape index (κ2) is 18.4. The van der Waals surface area contributed by atoms with Crippen molar-refractivity contribution < 1.29 is 9.59 Å². The monoisotopic (exact) mass is 662 g/mol. The van der Waals surface area contributed by atoms with Crippen molar-refractivity contribution in [2.45, 2.75) is 56.1 Å². The van der Waals surface area contributed by atoms with Crippen molar-refractivity contribution in [1.82, 2.24) is 0 Å². The molecule has 1 aromatic rings. The fourth-order valence-corrected chi connectivity index (χ4v) is 16.3. The number of thioether (sulfide) groups is 8. The van der Waals surface area contributed by atoms with Crippen molar-refractivity contribution in [1.29, 1.82) is 0 Å². The predicted molar refractivity (Wildman–Crippen MR) is 186 cm³/mol. The number of hydrogen-bond acceptors (Lipinski definition) is 10. The molecule has 1 aromatic carbocycles. The summed E-state index contributed by atoms with van der Waals surface area (Å²) in [6.07, 6.45) is 5.23. The third-order valence-electron chi connectivity index (χ3n) is 6.27. The number of carbonyl (C=O) groups excluding carboxylic acids is 2. The summed E-state index contributed by atoms with van der Waals surface area (Å²) in [5.41, 5.74) is 0. The van der Waals surface area contributed by atoms with Crippen LogP contribution in [0.25, 0.3) is 0 Å². The molecule has 6 atom stereocenters. The van der Waals surface area contributed by atoms with Gasteiger partial charge in [0.15, 0.2) is 0 Å². The van der Waals surface area contributed by atoms with E-state index in [0.29, 0.717) is 31.5 Å². The van der Waals surface area contributed by atoms with E-state index in [1.807, 2.05) is 23.5 Å². The molecule has 2 nitrogen and oxygen atoms in total. The first-order valence-corrected chi connectivity index (χ1v) is 20.9. The molecule has 0 aromatic heterocycles. The normalized spacial score (nSPS) is 24.7. The molecule has 6 unspecified atom stereocenters. The molecule has 2 fully saturated rings. The third kappa shape index (κ3) is 11.3. The first kappa shape index (κ1) is 33.3. The van der Waals surface area contributed by atoms with Gasteiger partial charge in [-0.05, 0) is 48.3 Å². The van der Waals surface area contributed by atoms with Gasteiger partial charge in [-0.15, -0.1) is 70.6 Å². The van der Waals surface area contributed by atoms with Gasteiger partial charge < -0.3 is 0 Å². The molecule has 2 aliphatic heterocycles. The highest BCUT2D eigenvalue weighted by Gasteiger charge is 2.33. The molecule has 2 saturated heterocycles. The number of hydrogen-bond donors (Lipinski definition) is 0. The van der Waals surface area contributed by atoms with Gasteiger partial charge in [0.05, 0.1) is 9.16 Å². The topological polar surface area (TPSA) is 34.1 Å². The van der Waals surface area contributed by atoms with Gasteiger partial charge in [0.1, 0.15) is 0 Å². The molecule has 0 N–H and O–H groups in total. The first-order valence-electron chi connectivity index (χ1n) is 12.9. The molecule has 0 amide bonds. The number of carbonyl (C=O) groups is 2. The van der Waals surface area contributed by atoms with Crippen LogP contribution >= 0.6 is 94.1 Å². The molecule has 0 bridgehead atoms. The van der Waals surface area contributed by atoms with Crippen LogP contribution in [0.4, 0.5) is 0 Å². The lowest BCUT2D eigenvalue weighted by molar-refractivity contribution is -0.107. The van der Waals surface area contributed by atoms with Gasteiger partial charge in [0, 0.05) is 54.8 Å². The Bertz CT molecular complexity index is 836. The Morgan fingerprint density at radius 2 is 1.21 bits per heavy atom. The van der Waals surface area contributed by atoms with Crippen molar-refractivity contribution in [2.24, 2.45) is 11.8 Å². The second-order valence-corrected chi connectivity index (χ2v) is 19.1. The molecule has 0 spiro atoms. The van der Waals surface area contributed by atoms with Crippen LogP contribution in [0.5, 0.6) is 0 Å². The summed E-state index contributed by atoms with van der Waals surface area (Å²) in [6.45, 7) is 11.8. The van der Waals surface area contributed by atoms with Crippen molar-refractivity contribution in [2.75, 3.05) is 34.5 Å². The van der Waals surface area contributed by atoms with Gasteiger partial charge in [-0.1, -0.05) is 63.4 Å². The lowest BCUT2D eigenvalue weighted by Gasteiger charge is -2.21. The van der Waals surface area contributed by atoms with E-state index in [4.69, 9.17) is 0 Å². The maximum Gasteiger partial charge on any atom is 0.211 e. The zero-order chi connectivity index (χ0) is 27.3. The molecule has 2 aliphatic rings. The first-order chi connectivity index (χ1) is 18.4. The van der Waals surface area contributed by atoms with Crippen LogP contribution in [0.3, 0.4) is 0 Å². The maximum atomic E-state index is 11.5. The van der Waals surface area contributed by atoms with E-state index in [0.717, 1.165) is 34.5 Å². The van der Waals surface area contributed by atoms with E-state index >= 15 is 0 Å². The predicted octanol–water partition coefficient (Wildman–Crippen LogP) is 9.16. The van der Waals surface area contributed by atoms with Crippen LogP contribution in [0, 0.1) is 11.8 Å². The van der Waals surface area contributed by atoms with Crippen LogP contribution < -0.4 is 0 Å². The lowest BCUT2D eigenvalue weighted by atomic mass is 10.1. The average Bonchev–Trinajstić information content (AvgIpc) is 3.62. The standard InChI is InChI=1S/C28H38O2S8/c1-5-19(27-35-17-23(37-27)15-33-25(29)7-3)13-31-21-9-11-22(12-10-21)32-14-20(6-2)28-36-18-24(38-28)16-34-26(30)8-4/h7-12,19-20,23-24,27-28H,3-6,13-18H2,1-2H3. The van der Waals surface area contributed by atoms with Crippen LogP contribution in [0.15, 0.2) is 59.4 Å². The molecule has 2 heterocycles. The Kier molecular flexibility index (Phi) is 16.1. The highest BCUT2D eigenvalue weighted by molar-refractivity contribution is 8.22. The smallest absolute Gasteiger partial charge is 0.211 e. The molecule has 210 valence electrons. The van der Waals surface area contributed by atoms with Crippen LogP contribution in [-0.2, 0) is 9.59 Å². The minimum atomic E-state index is 0.0891. The van der Waals surface area contributed by atoms with Crippen LogP contribution in [0.2, 0.25) is 0 Å². The largest absolute Gasteiger partial charge is 0.282 e. The Labute approximate surface area is 263 Å². The Balaban J connectivity index is 1.39. The molecule has 3 rings (SSSR count). The highest BCUT2D eigenvalue weighted by atomic mass is 32.2. The number of rotatable bonds is 16. The SMILES string of the molecule is C=CC(=O)SCC1CSC(C(CC)CSc2ccc(SCC(CC)C3SCC(CSC(=O)C=C)S3)cc2)S1. The Hall–Kier alpha value is 0.840. The van der Waals surface area contributed by atoms with Gasteiger partial charge in [0.25, 0.3) is 0 Å². The summed E-state index contributed by atoms with van der Waals surface area (Å²) in [5.74, 6) is 7.73. The fraction of sp³-hybridized carbons (Fsp3) is 0.571. The van der Waals surface area contributed by atoms with E-state index < -0.39 is 0 Å². The fourth-order valence-electron chi connectivity index (χ4n) is 3.89. The molecule has 0 radical (unpaired) electrons. The van der Waals surface area contributed by atoms with Gasteiger partial charge in [-0.3, -0.25) is 9.59 Å². The van der Waals surface area contributed by atoms with Crippen molar-refractivity contribution in [3.05, 3.63) is 49.6 Å². The van der Waals surface area contributed by atoms with E-state index in [1.54, 1.807) is 0 Å². The molecular formula is C28H38O2S8. The zero-order valence-corrected chi connectivity index (χ0v) is 28.6. The van der Waals surface area contributed by atoms with E-state index in [2.05, 4.69) is 98.3 Å². The van der Waals surface area contributed by atoms with Gasteiger partial charge in [-0.2, -0.15) is 0 Å². The lowest BCUT2D eigenvalue weighted by Crippen LogP contribution is -2.15.